The number of allylic oxidation sites excluding steroid dienone is 4. The van der Waals surface area contributed by atoms with E-state index in [4.69, 9.17) is 0 Å². The molecule has 0 aliphatic heterocycles. The maximum atomic E-state index is 11.3. The van der Waals surface area contributed by atoms with Crippen LogP contribution in [0.3, 0.4) is 0 Å². The average molecular weight is 236 g/mol. The molecule has 0 saturated heterocycles. The van der Waals surface area contributed by atoms with Gasteiger partial charge in [0.05, 0.1) is 6.42 Å². The first-order valence-electron chi connectivity index (χ1n) is 6.22. The lowest BCUT2D eigenvalue weighted by atomic mass is 10.1. The van der Waals surface area contributed by atoms with E-state index in [2.05, 4.69) is 32.9 Å². The summed E-state index contributed by atoms with van der Waals surface area (Å²) in [6, 6.07) is 0. The molecule has 0 aromatic heterocycles. The third-order valence-corrected chi connectivity index (χ3v) is 2.45. The van der Waals surface area contributed by atoms with Gasteiger partial charge in [-0.2, -0.15) is 0 Å². The highest BCUT2D eigenvalue weighted by molar-refractivity contribution is 5.97. The van der Waals surface area contributed by atoms with Crippen molar-refractivity contribution in [3.05, 3.63) is 23.3 Å². The van der Waals surface area contributed by atoms with Crippen molar-refractivity contribution in [1.82, 2.24) is 0 Å². The number of carbonyl (C=O) groups is 2. The first kappa shape index (κ1) is 15.8. The van der Waals surface area contributed by atoms with Crippen LogP contribution in [0.15, 0.2) is 23.3 Å². The van der Waals surface area contributed by atoms with Gasteiger partial charge in [-0.3, -0.25) is 9.59 Å². The first-order chi connectivity index (χ1) is 7.91. The predicted octanol–water partition coefficient (Wildman–Crippen LogP) is 4.01. The Bertz CT molecular complexity index is 318. The molecule has 0 aliphatic carbocycles. The van der Waals surface area contributed by atoms with Gasteiger partial charge in [0, 0.05) is 6.42 Å². The highest BCUT2D eigenvalue weighted by Crippen LogP contribution is 2.09. The number of hydrogen-bond donors (Lipinski definition) is 0. The van der Waals surface area contributed by atoms with Crippen LogP contribution in [0.25, 0.3) is 0 Å². The van der Waals surface area contributed by atoms with E-state index in [0.29, 0.717) is 6.42 Å². The van der Waals surface area contributed by atoms with Crippen molar-refractivity contribution in [1.29, 1.82) is 0 Å². The zero-order valence-corrected chi connectivity index (χ0v) is 11.5. The number of carbonyl (C=O) groups excluding carboxylic acids is 2. The van der Waals surface area contributed by atoms with E-state index in [9.17, 15) is 9.59 Å². The Kier molecular flexibility index (Phi) is 8.29. The maximum Gasteiger partial charge on any atom is 0.140 e. The quantitative estimate of drug-likeness (QED) is 0.471. The van der Waals surface area contributed by atoms with Gasteiger partial charge in [-0.1, -0.05) is 23.3 Å². The number of Topliss-reactive ketones (excluding diaryl/α,β-unsaturated/α-hetero) is 2. The van der Waals surface area contributed by atoms with Gasteiger partial charge >= 0.3 is 0 Å². The zero-order valence-electron chi connectivity index (χ0n) is 11.5. The number of hydrogen-bond acceptors (Lipinski definition) is 2. The average Bonchev–Trinajstić information content (AvgIpc) is 2.15. The fraction of sp³-hybridized carbons (Fsp3) is 0.600. The van der Waals surface area contributed by atoms with E-state index >= 15 is 0 Å². The van der Waals surface area contributed by atoms with E-state index in [-0.39, 0.29) is 18.0 Å². The van der Waals surface area contributed by atoms with Crippen LogP contribution in [0.2, 0.25) is 0 Å². The Morgan fingerprint density at radius 1 is 0.882 bits per heavy atom. The van der Waals surface area contributed by atoms with Crippen LogP contribution >= 0.6 is 0 Å². The van der Waals surface area contributed by atoms with Crippen LogP contribution in [0.5, 0.6) is 0 Å². The second kappa shape index (κ2) is 8.91. The van der Waals surface area contributed by atoms with E-state index in [1.54, 1.807) is 0 Å². The molecule has 0 rings (SSSR count). The van der Waals surface area contributed by atoms with Gasteiger partial charge in [-0.05, 0) is 47.0 Å². The molecule has 0 N–H and O–H groups in total. The van der Waals surface area contributed by atoms with Crippen molar-refractivity contribution in [2.24, 2.45) is 0 Å². The highest BCUT2D eigenvalue weighted by atomic mass is 16.1. The smallest absolute Gasteiger partial charge is 0.140 e. The molecule has 0 unspecified atom stereocenters. The molecule has 0 amide bonds. The predicted molar refractivity (Wildman–Crippen MR) is 72.0 cm³/mol. The molecule has 0 aliphatic rings. The molecular weight excluding hydrogens is 212 g/mol. The SMILES string of the molecule is CC(=O)CC(=O)CCC=C(C)CCC=C(C)C. The highest BCUT2D eigenvalue weighted by Gasteiger charge is 2.03. The Hall–Kier alpha value is -1.18. The number of rotatable bonds is 8. The van der Waals surface area contributed by atoms with Crippen LogP contribution in [0.1, 0.15) is 59.8 Å². The zero-order chi connectivity index (χ0) is 13.3. The lowest BCUT2D eigenvalue weighted by Gasteiger charge is -1.99. The third-order valence-electron chi connectivity index (χ3n) is 2.45. The molecule has 0 saturated carbocycles. The molecule has 0 bridgehead atoms. The van der Waals surface area contributed by atoms with Crippen molar-refractivity contribution >= 4 is 11.6 Å². The summed E-state index contributed by atoms with van der Waals surface area (Å²) < 4.78 is 0. The summed E-state index contributed by atoms with van der Waals surface area (Å²) in [7, 11) is 0. The molecule has 17 heavy (non-hydrogen) atoms. The molecule has 0 fully saturated rings. The summed E-state index contributed by atoms with van der Waals surface area (Å²) in [5.41, 5.74) is 2.66. The van der Waals surface area contributed by atoms with Crippen LogP contribution in [-0.4, -0.2) is 11.6 Å². The second-order valence-electron chi connectivity index (χ2n) is 4.83. The number of ketones is 2. The van der Waals surface area contributed by atoms with Crippen molar-refractivity contribution in [3.63, 3.8) is 0 Å². The Balaban J connectivity index is 3.80. The summed E-state index contributed by atoms with van der Waals surface area (Å²) >= 11 is 0. The van der Waals surface area contributed by atoms with Crippen LogP contribution < -0.4 is 0 Å². The van der Waals surface area contributed by atoms with Crippen molar-refractivity contribution < 1.29 is 9.59 Å². The fourth-order valence-corrected chi connectivity index (χ4v) is 1.54. The summed E-state index contributed by atoms with van der Waals surface area (Å²) in [6.07, 6.45) is 7.77. The fourth-order valence-electron chi connectivity index (χ4n) is 1.54. The summed E-state index contributed by atoms with van der Waals surface area (Å²) in [5.74, 6) is 0.00473. The molecular formula is C15H24O2. The van der Waals surface area contributed by atoms with Gasteiger partial charge in [-0.15, -0.1) is 0 Å². The molecule has 2 nitrogen and oxygen atoms in total. The van der Waals surface area contributed by atoms with Gasteiger partial charge in [-0.25, -0.2) is 0 Å². The van der Waals surface area contributed by atoms with Gasteiger partial charge in [0.15, 0.2) is 0 Å². The molecule has 0 heterocycles. The monoisotopic (exact) mass is 236 g/mol. The minimum absolute atomic E-state index is 0.0424. The van der Waals surface area contributed by atoms with Crippen molar-refractivity contribution in [2.45, 2.75) is 59.8 Å². The lowest BCUT2D eigenvalue weighted by Crippen LogP contribution is -2.03. The summed E-state index contributed by atoms with van der Waals surface area (Å²) in [5, 5.41) is 0. The van der Waals surface area contributed by atoms with Gasteiger partial charge in [0.2, 0.25) is 0 Å². The summed E-state index contributed by atoms with van der Waals surface area (Å²) in [6.45, 7) is 7.74. The van der Waals surface area contributed by atoms with Crippen LogP contribution in [0.4, 0.5) is 0 Å². The molecule has 0 aromatic carbocycles. The van der Waals surface area contributed by atoms with Crippen LogP contribution in [0, 0.1) is 0 Å². The normalized spacial score (nSPS) is 11.2. The Morgan fingerprint density at radius 2 is 1.47 bits per heavy atom. The van der Waals surface area contributed by atoms with Gasteiger partial charge in [0.1, 0.15) is 11.6 Å². The minimum atomic E-state index is -0.0424. The summed E-state index contributed by atoms with van der Waals surface area (Å²) in [4.78, 5) is 22.0. The van der Waals surface area contributed by atoms with Crippen LogP contribution in [-0.2, 0) is 9.59 Å². The molecule has 96 valence electrons. The molecule has 0 atom stereocenters. The van der Waals surface area contributed by atoms with Crippen molar-refractivity contribution in [3.8, 4) is 0 Å². The largest absolute Gasteiger partial charge is 0.300 e. The third kappa shape index (κ3) is 11.1. The molecule has 0 spiro atoms. The van der Waals surface area contributed by atoms with Gasteiger partial charge in [0.25, 0.3) is 0 Å². The Morgan fingerprint density at radius 3 is 2.00 bits per heavy atom. The van der Waals surface area contributed by atoms with E-state index in [1.807, 2.05) is 0 Å². The van der Waals surface area contributed by atoms with Gasteiger partial charge < -0.3 is 0 Å². The molecule has 2 heteroatoms. The lowest BCUT2D eigenvalue weighted by molar-refractivity contribution is -0.125. The maximum absolute atomic E-state index is 11.3. The topological polar surface area (TPSA) is 34.1 Å². The van der Waals surface area contributed by atoms with E-state index in [1.165, 1.54) is 18.1 Å². The van der Waals surface area contributed by atoms with E-state index in [0.717, 1.165) is 19.3 Å². The molecule has 0 aromatic rings. The van der Waals surface area contributed by atoms with Crippen molar-refractivity contribution in [2.75, 3.05) is 0 Å². The minimum Gasteiger partial charge on any atom is -0.300 e. The molecule has 0 radical (unpaired) electrons. The van der Waals surface area contributed by atoms with E-state index < -0.39 is 0 Å². The first-order valence-corrected chi connectivity index (χ1v) is 6.22. The second-order valence-corrected chi connectivity index (χ2v) is 4.83. The Labute approximate surface area is 105 Å². The standard InChI is InChI=1S/C15H24O2/c1-12(2)7-5-8-13(3)9-6-10-15(17)11-14(4)16/h7,9H,5-6,8,10-11H2,1-4H3.